The molecule has 0 bridgehead atoms. The average molecular weight is 563 g/mol. The summed E-state index contributed by atoms with van der Waals surface area (Å²) in [5.41, 5.74) is 7.70. The van der Waals surface area contributed by atoms with Crippen LogP contribution in [0.5, 0.6) is 11.5 Å². The molecule has 7 heteroatoms. The lowest BCUT2D eigenvalue weighted by Gasteiger charge is -2.17. The summed E-state index contributed by atoms with van der Waals surface area (Å²) in [6.45, 7) is 6.75. The lowest BCUT2D eigenvalue weighted by Crippen LogP contribution is -2.26. The van der Waals surface area contributed by atoms with Crippen LogP contribution in [0.3, 0.4) is 0 Å². The molecule has 0 aliphatic heterocycles. The van der Waals surface area contributed by atoms with E-state index in [1.54, 1.807) is 32.4 Å². The van der Waals surface area contributed by atoms with Gasteiger partial charge in [0.2, 0.25) is 0 Å². The van der Waals surface area contributed by atoms with Crippen LogP contribution in [0.4, 0.5) is 0 Å². The van der Waals surface area contributed by atoms with Crippen LogP contribution in [0.15, 0.2) is 84.9 Å². The van der Waals surface area contributed by atoms with Crippen LogP contribution in [0.1, 0.15) is 56.1 Å². The highest BCUT2D eigenvalue weighted by atomic mass is 16.5. The molecule has 0 aliphatic rings. The summed E-state index contributed by atoms with van der Waals surface area (Å²) in [6.07, 6.45) is 0. The number of rotatable bonds is 9. The molecule has 0 saturated carbocycles. The SMILES string of the molecule is COc1cc(OC)cc([C@H](C)NC(=O)c2ccc3c(c2)c(C)c(C)n3Cc2ccc(-c3ccccc3C(=O)O)cc2)c1. The maximum absolute atomic E-state index is 13.3. The topological polar surface area (TPSA) is 89.8 Å². The van der Waals surface area contributed by atoms with Gasteiger partial charge in [0.25, 0.3) is 5.91 Å². The zero-order valence-electron chi connectivity index (χ0n) is 24.4. The second-order valence-corrected chi connectivity index (χ2v) is 10.4. The summed E-state index contributed by atoms with van der Waals surface area (Å²) in [6, 6.07) is 26.2. The van der Waals surface area contributed by atoms with Crippen molar-refractivity contribution >= 4 is 22.8 Å². The molecule has 0 fully saturated rings. The molecule has 2 N–H and O–H groups in total. The van der Waals surface area contributed by atoms with E-state index in [1.165, 1.54) is 0 Å². The van der Waals surface area contributed by atoms with Crippen molar-refractivity contribution in [3.63, 3.8) is 0 Å². The number of nitrogens with one attached hydrogen (secondary N) is 1. The second-order valence-electron chi connectivity index (χ2n) is 10.4. The van der Waals surface area contributed by atoms with Gasteiger partial charge in [0, 0.05) is 34.8 Å². The molecule has 0 radical (unpaired) electrons. The minimum atomic E-state index is -0.942. The fourth-order valence-electron chi connectivity index (χ4n) is 5.33. The smallest absolute Gasteiger partial charge is 0.336 e. The number of carbonyl (C=O) groups excluding carboxylic acids is 1. The molecular formula is C35H34N2O5. The van der Waals surface area contributed by atoms with Gasteiger partial charge >= 0.3 is 5.97 Å². The largest absolute Gasteiger partial charge is 0.497 e. The molecule has 1 atom stereocenters. The monoisotopic (exact) mass is 562 g/mol. The van der Waals surface area contributed by atoms with E-state index < -0.39 is 5.97 Å². The van der Waals surface area contributed by atoms with E-state index in [0.717, 1.165) is 38.9 Å². The minimum absolute atomic E-state index is 0.159. The minimum Gasteiger partial charge on any atom is -0.497 e. The van der Waals surface area contributed by atoms with Crippen molar-refractivity contribution in [2.24, 2.45) is 0 Å². The summed E-state index contributed by atoms with van der Waals surface area (Å²) in [5.74, 6) is 0.230. The third kappa shape index (κ3) is 5.59. The molecule has 214 valence electrons. The third-order valence-corrected chi connectivity index (χ3v) is 7.89. The second kappa shape index (κ2) is 11.8. The highest BCUT2D eigenvalue weighted by Gasteiger charge is 2.18. The summed E-state index contributed by atoms with van der Waals surface area (Å²) in [5, 5.41) is 13.7. The van der Waals surface area contributed by atoms with E-state index in [1.807, 2.05) is 73.7 Å². The van der Waals surface area contributed by atoms with E-state index in [-0.39, 0.29) is 17.5 Å². The van der Waals surface area contributed by atoms with E-state index in [0.29, 0.717) is 29.2 Å². The van der Waals surface area contributed by atoms with Gasteiger partial charge in [0.05, 0.1) is 25.8 Å². The molecule has 0 unspecified atom stereocenters. The van der Waals surface area contributed by atoms with Crippen molar-refractivity contribution in [2.75, 3.05) is 14.2 Å². The van der Waals surface area contributed by atoms with Crippen LogP contribution in [-0.2, 0) is 6.54 Å². The Morgan fingerprint density at radius 2 is 1.55 bits per heavy atom. The molecule has 0 aliphatic carbocycles. The first-order chi connectivity index (χ1) is 20.2. The fourth-order valence-corrected chi connectivity index (χ4v) is 5.33. The first kappa shape index (κ1) is 28.5. The quantitative estimate of drug-likeness (QED) is 0.199. The number of carboxylic acids is 1. The fraction of sp³-hybridized carbons (Fsp3) is 0.200. The Labute approximate surface area is 245 Å². The average Bonchev–Trinajstić information content (AvgIpc) is 3.25. The van der Waals surface area contributed by atoms with Crippen LogP contribution in [0.25, 0.3) is 22.0 Å². The number of amides is 1. The van der Waals surface area contributed by atoms with Crippen molar-refractivity contribution in [1.29, 1.82) is 0 Å². The normalized spacial score (nSPS) is 11.7. The van der Waals surface area contributed by atoms with Gasteiger partial charge in [-0.05, 0) is 85.0 Å². The molecular weight excluding hydrogens is 528 g/mol. The Hall–Kier alpha value is -5.04. The van der Waals surface area contributed by atoms with Crippen LogP contribution < -0.4 is 14.8 Å². The van der Waals surface area contributed by atoms with Gasteiger partial charge < -0.3 is 24.5 Å². The third-order valence-electron chi connectivity index (χ3n) is 7.89. The number of aromatic carboxylic acids is 1. The van der Waals surface area contributed by atoms with E-state index in [2.05, 4.69) is 23.7 Å². The molecule has 0 saturated heterocycles. The lowest BCUT2D eigenvalue weighted by molar-refractivity contribution is 0.0697. The van der Waals surface area contributed by atoms with Gasteiger partial charge in [-0.15, -0.1) is 0 Å². The molecule has 1 amide bonds. The van der Waals surface area contributed by atoms with Gasteiger partial charge in [-0.1, -0.05) is 42.5 Å². The summed E-state index contributed by atoms with van der Waals surface area (Å²) >= 11 is 0. The highest BCUT2D eigenvalue weighted by molar-refractivity contribution is 5.99. The van der Waals surface area contributed by atoms with Gasteiger partial charge in [0.1, 0.15) is 11.5 Å². The molecule has 42 heavy (non-hydrogen) atoms. The Morgan fingerprint density at radius 3 is 2.19 bits per heavy atom. The van der Waals surface area contributed by atoms with Gasteiger partial charge in [-0.2, -0.15) is 0 Å². The highest BCUT2D eigenvalue weighted by Crippen LogP contribution is 2.30. The molecule has 0 spiro atoms. The number of benzene rings is 4. The summed E-state index contributed by atoms with van der Waals surface area (Å²) in [7, 11) is 3.20. The van der Waals surface area contributed by atoms with Crippen molar-refractivity contribution in [3.05, 3.63) is 118 Å². The van der Waals surface area contributed by atoms with Gasteiger partial charge in [-0.25, -0.2) is 4.79 Å². The number of ether oxygens (including phenoxy) is 2. The number of carbonyl (C=O) groups is 2. The van der Waals surface area contributed by atoms with Crippen LogP contribution in [0, 0.1) is 13.8 Å². The zero-order chi connectivity index (χ0) is 30.0. The van der Waals surface area contributed by atoms with Crippen molar-refractivity contribution in [1.82, 2.24) is 9.88 Å². The van der Waals surface area contributed by atoms with Gasteiger partial charge in [0.15, 0.2) is 0 Å². The maximum Gasteiger partial charge on any atom is 0.336 e. The standard InChI is InChI=1S/C35H34N2O5/c1-21-23(3)37(20-24-10-12-25(13-11-24)30-8-6-7-9-31(30)35(39)40)33-15-14-26(18-32(21)33)34(38)36-22(2)27-16-28(41-4)19-29(17-27)42-5/h6-19,22H,20H2,1-5H3,(H,36,38)(H,39,40)/t22-/m0/s1. The number of aryl methyl sites for hydroxylation is 1. The van der Waals surface area contributed by atoms with Crippen molar-refractivity contribution < 1.29 is 24.2 Å². The Morgan fingerprint density at radius 1 is 0.881 bits per heavy atom. The predicted molar refractivity (Wildman–Crippen MR) is 165 cm³/mol. The van der Waals surface area contributed by atoms with E-state index in [9.17, 15) is 14.7 Å². The molecule has 1 heterocycles. The van der Waals surface area contributed by atoms with E-state index in [4.69, 9.17) is 9.47 Å². The number of aromatic nitrogens is 1. The number of carboxylic acid groups (broad SMARTS) is 1. The number of nitrogens with zero attached hydrogens (tertiary/aromatic N) is 1. The number of fused-ring (bicyclic) bond motifs is 1. The number of methoxy groups -OCH3 is 2. The predicted octanol–water partition coefficient (Wildman–Crippen LogP) is 7.18. The Kier molecular flexibility index (Phi) is 8.02. The lowest BCUT2D eigenvalue weighted by atomic mass is 9.99. The summed E-state index contributed by atoms with van der Waals surface area (Å²) in [4.78, 5) is 24.9. The number of hydrogen-bond donors (Lipinski definition) is 2. The molecule has 7 nitrogen and oxygen atoms in total. The van der Waals surface area contributed by atoms with Crippen LogP contribution >= 0.6 is 0 Å². The van der Waals surface area contributed by atoms with Gasteiger partial charge in [-0.3, -0.25) is 4.79 Å². The van der Waals surface area contributed by atoms with Crippen molar-refractivity contribution in [2.45, 2.75) is 33.4 Å². The maximum atomic E-state index is 13.3. The van der Waals surface area contributed by atoms with Crippen molar-refractivity contribution in [3.8, 4) is 22.6 Å². The zero-order valence-corrected chi connectivity index (χ0v) is 24.4. The Balaban J connectivity index is 1.37. The van der Waals surface area contributed by atoms with E-state index >= 15 is 0 Å². The Bertz CT molecular complexity index is 1760. The first-order valence-corrected chi connectivity index (χ1v) is 13.7. The molecule has 5 aromatic rings. The molecule has 4 aromatic carbocycles. The molecule has 5 rings (SSSR count). The van der Waals surface area contributed by atoms with Crippen LogP contribution in [-0.4, -0.2) is 35.8 Å². The summed E-state index contributed by atoms with van der Waals surface area (Å²) < 4.78 is 13.0. The first-order valence-electron chi connectivity index (χ1n) is 13.7. The molecule has 1 aromatic heterocycles. The number of hydrogen-bond acceptors (Lipinski definition) is 4. The van der Waals surface area contributed by atoms with Crippen LogP contribution in [0.2, 0.25) is 0 Å².